The Hall–Kier alpha value is -2.41. The first-order chi connectivity index (χ1) is 10.5. The van der Waals surface area contributed by atoms with Crippen molar-refractivity contribution < 1.29 is 0 Å². The predicted molar refractivity (Wildman–Crippen MR) is 93.8 cm³/mol. The monoisotopic (exact) mass is 287 g/mol. The third-order valence-corrected chi connectivity index (χ3v) is 3.91. The Kier molecular flexibility index (Phi) is 3.81. The molecule has 0 bridgehead atoms. The molecular weight excluding hydrogens is 266 g/mol. The van der Waals surface area contributed by atoms with Gasteiger partial charge in [-0.25, -0.2) is 0 Å². The first kappa shape index (κ1) is 14.5. The lowest BCUT2D eigenvalue weighted by Crippen LogP contribution is -2.10. The molecule has 2 aromatic carbocycles. The van der Waals surface area contributed by atoms with E-state index in [1.165, 1.54) is 16.7 Å². The molecule has 0 saturated carbocycles. The minimum Gasteiger partial charge on any atom is -0.256 e. The quantitative estimate of drug-likeness (QED) is 0.588. The highest BCUT2D eigenvalue weighted by atomic mass is 14.7. The summed E-state index contributed by atoms with van der Waals surface area (Å²) in [7, 11) is 0. The molecule has 1 heterocycles. The van der Waals surface area contributed by atoms with Gasteiger partial charge in [-0.05, 0) is 34.2 Å². The summed E-state index contributed by atoms with van der Waals surface area (Å²) in [5, 5.41) is 0. The fourth-order valence-corrected chi connectivity index (χ4v) is 2.54. The van der Waals surface area contributed by atoms with Crippen molar-refractivity contribution in [3.63, 3.8) is 0 Å². The number of nitrogens with zero attached hydrogens (tertiary/aromatic N) is 1. The van der Waals surface area contributed by atoms with Gasteiger partial charge in [0, 0.05) is 11.8 Å². The maximum Gasteiger partial charge on any atom is 0.0708 e. The summed E-state index contributed by atoms with van der Waals surface area (Å²) >= 11 is 0. The zero-order chi connectivity index (χ0) is 15.6. The van der Waals surface area contributed by atoms with Gasteiger partial charge >= 0.3 is 0 Å². The number of aromatic nitrogens is 1. The van der Waals surface area contributed by atoms with E-state index in [4.69, 9.17) is 0 Å². The summed E-state index contributed by atoms with van der Waals surface area (Å²) in [6.07, 6.45) is 1.88. The van der Waals surface area contributed by atoms with Crippen molar-refractivity contribution in [3.05, 3.63) is 78.5 Å². The molecule has 22 heavy (non-hydrogen) atoms. The molecule has 0 N–H and O–H groups in total. The Balaban J connectivity index is 1.96. The van der Waals surface area contributed by atoms with Gasteiger partial charge in [0.1, 0.15) is 0 Å². The highest BCUT2D eigenvalue weighted by Gasteiger charge is 2.13. The van der Waals surface area contributed by atoms with Gasteiger partial charge in [0.25, 0.3) is 0 Å². The average molecular weight is 287 g/mol. The maximum absolute atomic E-state index is 4.53. The van der Waals surface area contributed by atoms with Crippen LogP contribution in [0.15, 0.2) is 72.9 Å². The number of benzene rings is 2. The Morgan fingerprint density at radius 1 is 0.682 bits per heavy atom. The van der Waals surface area contributed by atoms with Crippen molar-refractivity contribution in [2.75, 3.05) is 0 Å². The highest BCUT2D eigenvalue weighted by Crippen LogP contribution is 2.27. The third-order valence-electron chi connectivity index (χ3n) is 3.91. The van der Waals surface area contributed by atoms with E-state index in [0.29, 0.717) is 0 Å². The van der Waals surface area contributed by atoms with Crippen LogP contribution in [0.5, 0.6) is 0 Å². The van der Waals surface area contributed by atoms with Crippen LogP contribution in [0, 0.1) is 0 Å². The summed E-state index contributed by atoms with van der Waals surface area (Å²) in [6.45, 7) is 6.70. The topological polar surface area (TPSA) is 12.9 Å². The number of rotatable bonds is 2. The summed E-state index contributed by atoms with van der Waals surface area (Å²) in [5.41, 5.74) is 6.11. The van der Waals surface area contributed by atoms with Crippen molar-refractivity contribution in [1.82, 2.24) is 4.98 Å². The Labute approximate surface area is 132 Å². The maximum atomic E-state index is 4.53. The Morgan fingerprint density at radius 2 is 1.36 bits per heavy atom. The lowest BCUT2D eigenvalue weighted by molar-refractivity contribution is 0.590. The van der Waals surface area contributed by atoms with Gasteiger partial charge in [0.2, 0.25) is 0 Å². The van der Waals surface area contributed by atoms with Crippen molar-refractivity contribution in [3.8, 4) is 22.4 Å². The van der Waals surface area contributed by atoms with Gasteiger partial charge < -0.3 is 0 Å². The normalized spacial score (nSPS) is 11.4. The van der Waals surface area contributed by atoms with Crippen LogP contribution >= 0.6 is 0 Å². The van der Waals surface area contributed by atoms with Crippen LogP contribution < -0.4 is 0 Å². The van der Waals surface area contributed by atoms with E-state index in [0.717, 1.165) is 11.3 Å². The van der Waals surface area contributed by atoms with Crippen LogP contribution in [0.1, 0.15) is 26.3 Å². The van der Waals surface area contributed by atoms with E-state index in [1.54, 1.807) is 0 Å². The lowest BCUT2D eigenvalue weighted by atomic mass is 9.86. The molecule has 0 unspecified atom stereocenters. The molecule has 0 radical (unpaired) electrons. The van der Waals surface area contributed by atoms with E-state index in [-0.39, 0.29) is 5.41 Å². The fraction of sp³-hybridized carbons (Fsp3) is 0.190. The van der Waals surface area contributed by atoms with E-state index < -0.39 is 0 Å². The second kappa shape index (κ2) is 5.76. The standard InChI is InChI=1S/C21H21N/c1-21(2,3)19-11-9-17(10-12-19)20-15-18(13-14-22-20)16-7-5-4-6-8-16/h4-15H,1-3H3. The van der Waals surface area contributed by atoms with Crippen LogP contribution in [0.3, 0.4) is 0 Å². The zero-order valence-corrected chi connectivity index (χ0v) is 13.4. The first-order valence-electron chi connectivity index (χ1n) is 7.66. The molecule has 0 spiro atoms. The fourth-order valence-electron chi connectivity index (χ4n) is 2.54. The second-order valence-electron chi connectivity index (χ2n) is 6.62. The Bertz CT molecular complexity index is 750. The molecule has 3 aromatic rings. The zero-order valence-electron chi connectivity index (χ0n) is 13.4. The minimum atomic E-state index is 0.178. The molecule has 1 nitrogen and oxygen atoms in total. The van der Waals surface area contributed by atoms with Crippen molar-refractivity contribution in [2.45, 2.75) is 26.2 Å². The molecule has 1 heteroatoms. The Morgan fingerprint density at radius 3 is 2.00 bits per heavy atom. The highest BCUT2D eigenvalue weighted by molar-refractivity contribution is 5.70. The smallest absolute Gasteiger partial charge is 0.0708 e. The molecule has 0 aliphatic rings. The van der Waals surface area contributed by atoms with Crippen LogP contribution in [-0.2, 0) is 5.41 Å². The van der Waals surface area contributed by atoms with Crippen molar-refractivity contribution in [2.24, 2.45) is 0 Å². The van der Waals surface area contributed by atoms with Crippen LogP contribution in [0.2, 0.25) is 0 Å². The number of hydrogen-bond donors (Lipinski definition) is 0. The summed E-state index contributed by atoms with van der Waals surface area (Å²) in [4.78, 5) is 4.53. The molecule has 0 saturated heterocycles. The van der Waals surface area contributed by atoms with Gasteiger partial charge in [0.05, 0.1) is 5.69 Å². The van der Waals surface area contributed by atoms with E-state index in [2.05, 4.69) is 86.4 Å². The van der Waals surface area contributed by atoms with E-state index in [1.807, 2.05) is 12.3 Å². The van der Waals surface area contributed by atoms with E-state index in [9.17, 15) is 0 Å². The van der Waals surface area contributed by atoms with Crippen molar-refractivity contribution >= 4 is 0 Å². The first-order valence-corrected chi connectivity index (χ1v) is 7.66. The number of pyridine rings is 1. The third kappa shape index (κ3) is 3.09. The molecular formula is C21H21N. The molecule has 1 aromatic heterocycles. The minimum absolute atomic E-state index is 0.178. The van der Waals surface area contributed by atoms with Gasteiger partial charge in [-0.15, -0.1) is 0 Å². The molecule has 0 amide bonds. The predicted octanol–water partition coefficient (Wildman–Crippen LogP) is 5.71. The molecule has 3 rings (SSSR count). The second-order valence-corrected chi connectivity index (χ2v) is 6.62. The van der Waals surface area contributed by atoms with Gasteiger partial charge in [-0.2, -0.15) is 0 Å². The number of hydrogen-bond acceptors (Lipinski definition) is 1. The van der Waals surface area contributed by atoms with Crippen molar-refractivity contribution in [1.29, 1.82) is 0 Å². The van der Waals surface area contributed by atoms with Gasteiger partial charge in [-0.1, -0.05) is 75.4 Å². The lowest BCUT2D eigenvalue weighted by Gasteiger charge is -2.19. The summed E-state index contributed by atoms with van der Waals surface area (Å²) in [6, 6.07) is 23.4. The van der Waals surface area contributed by atoms with Crippen LogP contribution in [0.25, 0.3) is 22.4 Å². The van der Waals surface area contributed by atoms with E-state index >= 15 is 0 Å². The molecule has 0 aliphatic heterocycles. The SMILES string of the molecule is CC(C)(C)c1ccc(-c2cc(-c3ccccc3)ccn2)cc1. The van der Waals surface area contributed by atoms with Crippen LogP contribution in [0.4, 0.5) is 0 Å². The molecule has 0 atom stereocenters. The van der Waals surface area contributed by atoms with Gasteiger partial charge in [0.15, 0.2) is 0 Å². The largest absolute Gasteiger partial charge is 0.256 e. The summed E-state index contributed by atoms with van der Waals surface area (Å²) < 4.78 is 0. The molecule has 0 fully saturated rings. The molecule has 110 valence electrons. The van der Waals surface area contributed by atoms with Gasteiger partial charge in [-0.3, -0.25) is 4.98 Å². The summed E-state index contributed by atoms with van der Waals surface area (Å²) in [5.74, 6) is 0. The average Bonchev–Trinajstić information content (AvgIpc) is 2.55. The molecule has 0 aliphatic carbocycles. The van der Waals surface area contributed by atoms with Crippen LogP contribution in [-0.4, -0.2) is 4.98 Å².